The van der Waals surface area contributed by atoms with E-state index in [1.165, 1.54) is 0 Å². The number of aromatic nitrogens is 4. The fourth-order valence-electron chi connectivity index (χ4n) is 5.93. The van der Waals surface area contributed by atoms with Crippen LogP contribution in [-0.2, 0) is 5.54 Å². The summed E-state index contributed by atoms with van der Waals surface area (Å²) in [6.45, 7) is 3.77. The third-order valence-corrected chi connectivity index (χ3v) is 7.83. The minimum Gasteiger partial charge on any atom is -0.353 e. The number of hydrogen-bond acceptors (Lipinski definition) is 5. The van der Waals surface area contributed by atoms with Crippen molar-refractivity contribution in [3.8, 4) is 11.3 Å². The highest BCUT2D eigenvalue weighted by Crippen LogP contribution is 2.41. The van der Waals surface area contributed by atoms with Crippen LogP contribution in [0.2, 0.25) is 0 Å². The Morgan fingerprint density at radius 2 is 1.25 bits per heavy atom. The molecule has 2 aromatic heterocycles. The van der Waals surface area contributed by atoms with E-state index in [-0.39, 0.29) is 0 Å². The highest BCUT2D eigenvalue weighted by Gasteiger charge is 2.39. The molecule has 0 amide bonds. The van der Waals surface area contributed by atoms with Crippen LogP contribution in [0, 0.1) is 0 Å². The van der Waals surface area contributed by atoms with Crippen molar-refractivity contribution in [1.82, 2.24) is 25.1 Å². The van der Waals surface area contributed by atoms with Gasteiger partial charge < -0.3 is 10.2 Å². The summed E-state index contributed by atoms with van der Waals surface area (Å²) in [6.07, 6.45) is 3.77. The maximum absolute atomic E-state index is 5.28. The molecule has 1 aliphatic heterocycles. The molecule has 0 bridgehead atoms. The van der Waals surface area contributed by atoms with Gasteiger partial charge in [0.25, 0.3) is 0 Å². The average Bonchev–Trinajstić information content (AvgIpc) is 3.53. The summed E-state index contributed by atoms with van der Waals surface area (Å²) in [7, 11) is 0. The van der Waals surface area contributed by atoms with Gasteiger partial charge in [-0.1, -0.05) is 97.1 Å². The molecule has 0 radical (unpaired) electrons. The minimum absolute atomic E-state index is 0.645. The maximum atomic E-state index is 5.28. The van der Waals surface area contributed by atoms with Crippen LogP contribution in [0.15, 0.2) is 128 Å². The summed E-state index contributed by atoms with van der Waals surface area (Å²) < 4.78 is 2.12. The van der Waals surface area contributed by atoms with Crippen molar-refractivity contribution in [3.05, 3.63) is 144 Å². The van der Waals surface area contributed by atoms with Crippen molar-refractivity contribution in [2.45, 2.75) is 5.54 Å². The number of benzene rings is 4. The Bertz CT molecular complexity index is 1630. The largest absolute Gasteiger partial charge is 0.353 e. The lowest BCUT2D eigenvalue weighted by molar-refractivity contribution is 0.461. The Morgan fingerprint density at radius 3 is 1.85 bits per heavy atom. The van der Waals surface area contributed by atoms with E-state index < -0.39 is 5.54 Å². The van der Waals surface area contributed by atoms with Crippen molar-refractivity contribution >= 4 is 16.7 Å². The lowest BCUT2D eigenvalue weighted by atomic mass is 9.77. The van der Waals surface area contributed by atoms with E-state index in [0.717, 1.165) is 70.8 Å². The molecule has 3 heterocycles. The van der Waals surface area contributed by atoms with Crippen LogP contribution in [0.4, 0.5) is 5.82 Å². The zero-order valence-corrected chi connectivity index (χ0v) is 22.2. The first-order valence-corrected chi connectivity index (χ1v) is 13.8. The molecule has 196 valence electrons. The number of nitrogens with one attached hydrogen (secondary N) is 1. The highest BCUT2D eigenvalue weighted by atomic mass is 15.3. The summed E-state index contributed by atoms with van der Waals surface area (Å²) in [5.74, 6) is 0.986. The molecule has 40 heavy (non-hydrogen) atoms. The van der Waals surface area contributed by atoms with Crippen LogP contribution in [-0.4, -0.2) is 45.9 Å². The van der Waals surface area contributed by atoms with E-state index in [0.29, 0.717) is 0 Å². The van der Waals surface area contributed by atoms with E-state index in [1.807, 2.05) is 0 Å². The molecule has 4 aromatic carbocycles. The SMILES string of the molecule is c1ccc(C(c2ccccc2)(c2ccccc2)n2ccc(-c3ccc4ncnc(N5CCNCC5)c4c3)n2)cc1. The van der Waals surface area contributed by atoms with Crippen LogP contribution in [0.5, 0.6) is 0 Å². The van der Waals surface area contributed by atoms with Crippen molar-refractivity contribution in [2.24, 2.45) is 0 Å². The molecule has 0 aliphatic carbocycles. The zero-order valence-electron chi connectivity index (χ0n) is 22.2. The number of piperazine rings is 1. The Hall–Kier alpha value is -4.81. The summed E-state index contributed by atoms with van der Waals surface area (Å²) in [4.78, 5) is 11.6. The second-order valence-corrected chi connectivity index (χ2v) is 10.1. The van der Waals surface area contributed by atoms with Crippen LogP contribution < -0.4 is 10.2 Å². The second-order valence-electron chi connectivity index (χ2n) is 10.1. The van der Waals surface area contributed by atoms with Gasteiger partial charge in [-0.05, 0) is 34.9 Å². The molecule has 0 saturated carbocycles. The third-order valence-electron chi connectivity index (χ3n) is 7.83. The monoisotopic (exact) mass is 522 g/mol. The Labute approximate surface area is 234 Å². The minimum atomic E-state index is -0.645. The molecule has 0 spiro atoms. The van der Waals surface area contributed by atoms with Gasteiger partial charge in [-0.15, -0.1) is 0 Å². The molecule has 1 aliphatic rings. The van der Waals surface area contributed by atoms with E-state index in [4.69, 9.17) is 10.1 Å². The lowest BCUT2D eigenvalue weighted by Crippen LogP contribution is -2.44. The van der Waals surface area contributed by atoms with Gasteiger partial charge in [-0.3, -0.25) is 4.68 Å². The van der Waals surface area contributed by atoms with Gasteiger partial charge in [0.1, 0.15) is 17.7 Å². The van der Waals surface area contributed by atoms with Gasteiger partial charge in [0.15, 0.2) is 0 Å². The first-order chi connectivity index (χ1) is 19.8. The molecule has 1 fully saturated rings. The van der Waals surface area contributed by atoms with Crippen molar-refractivity contribution in [2.75, 3.05) is 31.1 Å². The smallest absolute Gasteiger partial charge is 0.139 e. The predicted molar refractivity (Wildman–Crippen MR) is 160 cm³/mol. The third kappa shape index (κ3) is 4.14. The van der Waals surface area contributed by atoms with Crippen molar-refractivity contribution in [1.29, 1.82) is 0 Å². The maximum Gasteiger partial charge on any atom is 0.139 e. The van der Waals surface area contributed by atoms with Crippen LogP contribution >= 0.6 is 0 Å². The fraction of sp³-hybridized carbons (Fsp3) is 0.147. The molecule has 0 atom stereocenters. The van der Waals surface area contributed by atoms with Gasteiger partial charge in [0.05, 0.1) is 11.2 Å². The Morgan fingerprint density at radius 1 is 0.650 bits per heavy atom. The molecular weight excluding hydrogens is 492 g/mol. The van der Waals surface area contributed by atoms with E-state index >= 15 is 0 Å². The summed E-state index contributed by atoms with van der Waals surface area (Å²) in [6, 6.07) is 40.4. The number of fused-ring (bicyclic) bond motifs is 1. The highest BCUT2D eigenvalue weighted by molar-refractivity contribution is 5.92. The molecule has 0 unspecified atom stereocenters. The molecule has 1 saturated heterocycles. The van der Waals surface area contributed by atoms with Gasteiger partial charge in [0, 0.05) is 43.3 Å². The quantitative estimate of drug-likeness (QED) is 0.283. The molecule has 6 aromatic rings. The molecule has 6 heteroatoms. The topological polar surface area (TPSA) is 58.9 Å². The van der Waals surface area contributed by atoms with Gasteiger partial charge in [-0.25, -0.2) is 9.97 Å². The lowest BCUT2D eigenvalue weighted by Gasteiger charge is -2.36. The molecule has 6 nitrogen and oxygen atoms in total. The normalized spacial score (nSPS) is 13.9. The zero-order chi connectivity index (χ0) is 26.8. The fourth-order valence-corrected chi connectivity index (χ4v) is 5.93. The first-order valence-electron chi connectivity index (χ1n) is 13.8. The van der Waals surface area contributed by atoms with E-state index in [9.17, 15) is 0 Å². The molecule has 1 N–H and O–H groups in total. The van der Waals surface area contributed by atoms with E-state index in [1.54, 1.807) is 6.33 Å². The summed E-state index contributed by atoms with van der Waals surface area (Å²) in [5, 5.41) is 9.77. The van der Waals surface area contributed by atoms with Crippen LogP contribution in [0.3, 0.4) is 0 Å². The van der Waals surface area contributed by atoms with Gasteiger partial charge >= 0.3 is 0 Å². The Kier molecular flexibility index (Phi) is 6.30. The van der Waals surface area contributed by atoms with Crippen LogP contribution in [0.25, 0.3) is 22.2 Å². The molecular formula is C34H30N6. The Balaban J connectivity index is 1.41. The standard InChI is InChI=1S/C34H30N6/c1-4-10-27(11-5-1)34(28-12-6-2-7-13-28,29-14-8-3-9-15-29)40-21-18-31(38-40)26-16-17-32-30(24-26)33(37-25-36-32)39-22-19-35-20-23-39/h1-18,21,24-25,35H,19-20,22-23H2. The number of nitrogens with zero attached hydrogens (tertiary/aromatic N) is 5. The number of hydrogen-bond donors (Lipinski definition) is 1. The first kappa shape index (κ1) is 24.2. The van der Waals surface area contributed by atoms with Crippen molar-refractivity contribution in [3.63, 3.8) is 0 Å². The van der Waals surface area contributed by atoms with Crippen molar-refractivity contribution < 1.29 is 0 Å². The second kappa shape index (κ2) is 10.4. The van der Waals surface area contributed by atoms with Gasteiger partial charge in [-0.2, -0.15) is 5.10 Å². The van der Waals surface area contributed by atoms with Gasteiger partial charge in [0.2, 0.25) is 0 Å². The summed E-state index contributed by atoms with van der Waals surface area (Å²) >= 11 is 0. The van der Waals surface area contributed by atoms with E-state index in [2.05, 4.69) is 141 Å². The predicted octanol–water partition coefficient (Wildman–Crippen LogP) is 5.74. The number of anilines is 1. The average molecular weight is 523 g/mol. The number of rotatable bonds is 6. The molecule has 7 rings (SSSR count). The van der Waals surface area contributed by atoms with Crippen LogP contribution in [0.1, 0.15) is 16.7 Å². The summed E-state index contributed by atoms with van der Waals surface area (Å²) in [5.41, 5.74) is 5.69.